The minimum atomic E-state index is 0.479. The van der Waals surface area contributed by atoms with Crippen molar-refractivity contribution in [3.8, 4) is 11.5 Å². The summed E-state index contributed by atoms with van der Waals surface area (Å²) in [4.78, 5) is 0. The summed E-state index contributed by atoms with van der Waals surface area (Å²) < 4.78 is 11.8. The summed E-state index contributed by atoms with van der Waals surface area (Å²) >= 11 is 6.53. The number of benzene rings is 3. The fourth-order valence-electron chi connectivity index (χ4n) is 3.16. The standard InChI is InChI=1S/C25H28ClNO2/c1-3-28-24-15-22(17-27-13-12-20-9-5-4-6-10-20)23(26)16-25(24)29-18-21-11-7-8-19(2)14-21/h4-11,14-16,27H,3,12-13,17-18H2,1-2H3. The molecule has 0 heterocycles. The number of nitrogens with one attached hydrogen (secondary N) is 1. The lowest BCUT2D eigenvalue weighted by Crippen LogP contribution is -2.17. The zero-order chi connectivity index (χ0) is 20.5. The largest absolute Gasteiger partial charge is 0.490 e. The molecule has 0 atom stereocenters. The van der Waals surface area contributed by atoms with Crippen LogP contribution in [0.5, 0.6) is 11.5 Å². The van der Waals surface area contributed by atoms with Gasteiger partial charge in [-0.3, -0.25) is 0 Å². The number of hydrogen-bond donors (Lipinski definition) is 1. The second-order valence-corrected chi connectivity index (χ2v) is 7.42. The molecule has 0 aliphatic heterocycles. The molecule has 0 radical (unpaired) electrons. The smallest absolute Gasteiger partial charge is 0.163 e. The van der Waals surface area contributed by atoms with Gasteiger partial charge in [-0.2, -0.15) is 0 Å². The Balaban J connectivity index is 1.62. The topological polar surface area (TPSA) is 30.5 Å². The van der Waals surface area contributed by atoms with E-state index < -0.39 is 0 Å². The maximum absolute atomic E-state index is 6.53. The van der Waals surface area contributed by atoms with Gasteiger partial charge in [0.15, 0.2) is 11.5 Å². The Kier molecular flexibility index (Phi) is 7.97. The zero-order valence-corrected chi connectivity index (χ0v) is 17.8. The molecule has 3 rings (SSSR count). The van der Waals surface area contributed by atoms with Gasteiger partial charge >= 0.3 is 0 Å². The second kappa shape index (κ2) is 10.9. The van der Waals surface area contributed by atoms with Gasteiger partial charge in [-0.05, 0) is 49.6 Å². The van der Waals surface area contributed by atoms with Gasteiger partial charge in [-0.25, -0.2) is 0 Å². The minimum absolute atomic E-state index is 0.479. The molecule has 0 bridgehead atoms. The summed E-state index contributed by atoms with van der Waals surface area (Å²) in [7, 11) is 0. The average Bonchev–Trinajstić information content (AvgIpc) is 2.73. The summed E-state index contributed by atoms with van der Waals surface area (Å²) in [6.07, 6.45) is 0.981. The first kappa shape index (κ1) is 21.2. The van der Waals surface area contributed by atoms with E-state index in [9.17, 15) is 0 Å². The van der Waals surface area contributed by atoms with Crippen molar-refractivity contribution in [1.82, 2.24) is 5.32 Å². The highest BCUT2D eigenvalue weighted by Gasteiger charge is 2.11. The molecule has 3 aromatic carbocycles. The van der Waals surface area contributed by atoms with Crippen LogP contribution in [0.1, 0.15) is 29.2 Å². The van der Waals surface area contributed by atoms with Crippen molar-refractivity contribution in [2.45, 2.75) is 33.4 Å². The van der Waals surface area contributed by atoms with Crippen molar-refractivity contribution in [3.05, 3.63) is 94.0 Å². The quantitative estimate of drug-likeness (QED) is 0.419. The van der Waals surface area contributed by atoms with Crippen molar-refractivity contribution in [2.24, 2.45) is 0 Å². The molecule has 0 fully saturated rings. The Morgan fingerprint density at radius 2 is 1.62 bits per heavy atom. The van der Waals surface area contributed by atoms with Crippen molar-refractivity contribution >= 4 is 11.6 Å². The molecule has 0 aliphatic rings. The van der Waals surface area contributed by atoms with E-state index in [1.807, 2.05) is 31.2 Å². The lowest BCUT2D eigenvalue weighted by Gasteiger charge is -2.15. The first-order chi connectivity index (χ1) is 14.2. The van der Waals surface area contributed by atoms with Crippen molar-refractivity contribution < 1.29 is 9.47 Å². The van der Waals surface area contributed by atoms with Crippen LogP contribution in [-0.4, -0.2) is 13.2 Å². The molecule has 29 heavy (non-hydrogen) atoms. The normalized spacial score (nSPS) is 10.7. The van der Waals surface area contributed by atoms with Gasteiger partial charge in [0.05, 0.1) is 6.61 Å². The van der Waals surface area contributed by atoms with Gasteiger partial charge in [0.2, 0.25) is 0 Å². The number of ether oxygens (including phenoxy) is 2. The average molecular weight is 410 g/mol. The molecule has 152 valence electrons. The number of hydrogen-bond acceptors (Lipinski definition) is 3. The third-order valence-corrected chi connectivity index (χ3v) is 4.99. The number of aryl methyl sites for hydroxylation is 1. The van der Waals surface area contributed by atoms with E-state index in [1.165, 1.54) is 11.1 Å². The van der Waals surface area contributed by atoms with E-state index in [-0.39, 0.29) is 0 Å². The molecule has 3 nitrogen and oxygen atoms in total. The summed E-state index contributed by atoms with van der Waals surface area (Å²) in [5.74, 6) is 1.40. The van der Waals surface area contributed by atoms with E-state index in [0.29, 0.717) is 30.5 Å². The Morgan fingerprint density at radius 1 is 0.862 bits per heavy atom. The predicted molar refractivity (Wildman–Crippen MR) is 120 cm³/mol. The molecule has 0 amide bonds. The lowest BCUT2D eigenvalue weighted by molar-refractivity contribution is 0.269. The van der Waals surface area contributed by atoms with Crippen LogP contribution in [0.3, 0.4) is 0 Å². The van der Waals surface area contributed by atoms with Crippen molar-refractivity contribution in [3.63, 3.8) is 0 Å². The van der Waals surface area contributed by atoms with Crippen molar-refractivity contribution in [1.29, 1.82) is 0 Å². The monoisotopic (exact) mass is 409 g/mol. The summed E-state index contributed by atoms with van der Waals surface area (Å²) in [6, 6.07) is 22.6. The molecule has 0 aromatic heterocycles. The molecule has 0 unspecified atom stereocenters. The molecule has 3 aromatic rings. The molecule has 0 spiro atoms. The molecule has 1 N–H and O–H groups in total. The highest BCUT2D eigenvalue weighted by Crippen LogP contribution is 2.34. The third kappa shape index (κ3) is 6.52. The van der Waals surface area contributed by atoms with Gasteiger partial charge in [0.1, 0.15) is 6.61 Å². The summed E-state index contributed by atoms with van der Waals surface area (Å²) in [5, 5.41) is 4.14. The zero-order valence-electron chi connectivity index (χ0n) is 17.1. The van der Waals surface area contributed by atoms with E-state index in [4.69, 9.17) is 21.1 Å². The number of halogens is 1. The van der Waals surface area contributed by atoms with E-state index in [2.05, 4.69) is 54.7 Å². The SMILES string of the molecule is CCOc1cc(CNCCc2ccccc2)c(Cl)cc1OCc1cccc(C)c1. The highest BCUT2D eigenvalue weighted by atomic mass is 35.5. The van der Waals surface area contributed by atoms with Crippen LogP contribution in [0, 0.1) is 6.92 Å². The first-order valence-electron chi connectivity index (χ1n) is 10.0. The molecule has 0 saturated heterocycles. The van der Waals surface area contributed by atoms with Gasteiger partial charge in [-0.1, -0.05) is 71.8 Å². The van der Waals surface area contributed by atoms with Gasteiger partial charge in [-0.15, -0.1) is 0 Å². The fourth-order valence-corrected chi connectivity index (χ4v) is 3.38. The van der Waals surface area contributed by atoms with Crippen LogP contribution in [0.4, 0.5) is 0 Å². The third-order valence-electron chi connectivity index (χ3n) is 4.64. The Bertz CT molecular complexity index is 912. The predicted octanol–water partition coefficient (Wildman–Crippen LogP) is 5.96. The minimum Gasteiger partial charge on any atom is -0.490 e. The molecular weight excluding hydrogens is 382 g/mol. The van der Waals surface area contributed by atoms with Crippen LogP contribution < -0.4 is 14.8 Å². The summed E-state index contributed by atoms with van der Waals surface area (Å²) in [5.41, 5.74) is 4.66. The van der Waals surface area contributed by atoms with E-state index in [1.54, 1.807) is 0 Å². The maximum atomic E-state index is 6.53. The highest BCUT2D eigenvalue weighted by molar-refractivity contribution is 6.31. The fraction of sp³-hybridized carbons (Fsp3) is 0.280. The molecular formula is C25H28ClNO2. The Morgan fingerprint density at radius 3 is 2.38 bits per heavy atom. The Labute approximate surface area is 178 Å². The van der Waals surface area contributed by atoms with Gasteiger partial charge in [0, 0.05) is 17.6 Å². The first-order valence-corrected chi connectivity index (χ1v) is 10.4. The Hall–Kier alpha value is -2.49. The van der Waals surface area contributed by atoms with Crippen LogP contribution >= 0.6 is 11.6 Å². The van der Waals surface area contributed by atoms with Crippen molar-refractivity contribution in [2.75, 3.05) is 13.2 Å². The lowest BCUT2D eigenvalue weighted by atomic mass is 10.1. The van der Waals surface area contributed by atoms with Crippen LogP contribution in [0.25, 0.3) is 0 Å². The van der Waals surface area contributed by atoms with E-state index >= 15 is 0 Å². The second-order valence-electron chi connectivity index (χ2n) is 7.01. The van der Waals surface area contributed by atoms with Crippen LogP contribution in [0.2, 0.25) is 5.02 Å². The van der Waals surface area contributed by atoms with E-state index in [0.717, 1.165) is 29.8 Å². The van der Waals surface area contributed by atoms with Crippen LogP contribution in [0.15, 0.2) is 66.7 Å². The molecule has 4 heteroatoms. The van der Waals surface area contributed by atoms with Gasteiger partial charge < -0.3 is 14.8 Å². The molecule has 0 saturated carbocycles. The summed E-state index contributed by atoms with van der Waals surface area (Å²) in [6.45, 7) is 6.66. The van der Waals surface area contributed by atoms with Crippen LogP contribution in [-0.2, 0) is 19.6 Å². The molecule has 0 aliphatic carbocycles. The van der Waals surface area contributed by atoms with Gasteiger partial charge in [0.25, 0.3) is 0 Å². The number of rotatable bonds is 10. The maximum Gasteiger partial charge on any atom is 0.163 e.